The molecule has 0 aromatic heterocycles. The summed E-state index contributed by atoms with van der Waals surface area (Å²) in [4.78, 5) is 6.19. The number of hydrogen-bond donors (Lipinski definition) is 0. The van der Waals surface area contributed by atoms with Crippen molar-refractivity contribution >= 4 is 33.9 Å². The van der Waals surface area contributed by atoms with Crippen molar-refractivity contribution in [2.24, 2.45) is 5.41 Å². The topological polar surface area (TPSA) is 24.9 Å². The molecule has 7 rings (SSSR count). The molecule has 2 aliphatic heterocycles. The van der Waals surface area contributed by atoms with Crippen LogP contribution in [-0.4, -0.2) is 25.1 Å². The van der Waals surface area contributed by atoms with E-state index in [9.17, 15) is 0 Å². The smallest absolute Gasteiger partial charge is 0.200 e. The van der Waals surface area contributed by atoms with Gasteiger partial charge in [0.2, 0.25) is 5.88 Å². The van der Waals surface area contributed by atoms with Gasteiger partial charge < -0.3 is 19.3 Å². The van der Waals surface area contributed by atoms with Gasteiger partial charge in [-0.3, -0.25) is 0 Å². The van der Waals surface area contributed by atoms with Gasteiger partial charge in [-0.2, -0.15) is 0 Å². The first kappa shape index (κ1) is 33.2. The fourth-order valence-electron chi connectivity index (χ4n) is 7.33. The van der Waals surface area contributed by atoms with Crippen LogP contribution in [0.1, 0.15) is 55.9 Å². The molecular formula is C44H48N2O2S. The maximum absolute atomic E-state index is 6.48. The molecular weight excluding hydrogens is 621 g/mol. The second-order valence-electron chi connectivity index (χ2n) is 14.5. The second kappa shape index (κ2) is 13.5. The molecule has 49 heavy (non-hydrogen) atoms. The van der Waals surface area contributed by atoms with Crippen molar-refractivity contribution in [3.05, 3.63) is 136 Å². The molecule has 4 nitrogen and oxygen atoms in total. The SMILES string of the molecule is CCN1c2cc(C)c(C)cc2SC1C=C1C=C(C=CC=C2Oc3cc(C)c(C)cc3N2CCOc2cccc3ccccc23)CC(C)(C)C1. The van der Waals surface area contributed by atoms with Gasteiger partial charge in [0.1, 0.15) is 12.4 Å². The van der Waals surface area contributed by atoms with E-state index in [4.69, 9.17) is 9.47 Å². The molecule has 5 heteroatoms. The minimum atomic E-state index is 0.188. The zero-order valence-corrected chi connectivity index (χ0v) is 30.8. The highest BCUT2D eigenvalue weighted by Gasteiger charge is 2.31. The Morgan fingerprint density at radius 1 is 0.898 bits per heavy atom. The number of allylic oxidation sites excluding steroid dienone is 6. The molecule has 1 unspecified atom stereocenters. The summed E-state index contributed by atoms with van der Waals surface area (Å²) in [5, 5.41) is 2.63. The summed E-state index contributed by atoms with van der Waals surface area (Å²) < 4.78 is 12.9. The van der Waals surface area contributed by atoms with Crippen LogP contribution < -0.4 is 19.3 Å². The molecule has 0 amide bonds. The Balaban J connectivity index is 1.11. The lowest BCUT2D eigenvalue weighted by molar-refractivity contribution is 0.325. The molecule has 3 aliphatic rings. The first-order chi connectivity index (χ1) is 23.6. The molecule has 0 saturated heterocycles. The van der Waals surface area contributed by atoms with E-state index in [-0.39, 0.29) is 5.41 Å². The highest BCUT2D eigenvalue weighted by Crippen LogP contribution is 2.47. The van der Waals surface area contributed by atoms with Crippen LogP contribution in [0.5, 0.6) is 11.5 Å². The largest absolute Gasteiger partial charge is 0.491 e. The fraction of sp³-hybridized carbons (Fsp3) is 0.318. The average molecular weight is 669 g/mol. The van der Waals surface area contributed by atoms with E-state index < -0.39 is 0 Å². The summed E-state index contributed by atoms with van der Waals surface area (Å²) >= 11 is 1.98. The number of likely N-dealkylation sites (N-methyl/N-ethyl adjacent to an activating group) is 1. The van der Waals surface area contributed by atoms with Crippen molar-refractivity contribution in [3.8, 4) is 11.5 Å². The van der Waals surface area contributed by atoms with Crippen LogP contribution in [0, 0.1) is 33.1 Å². The number of thioether (sulfide) groups is 1. The zero-order valence-electron chi connectivity index (χ0n) is 30.0. The molecule has 0 radical (unpaired) electrons. The molecule has 4 aromatic carbocycles. The lowest BCUT2D eigenvalue weighted by atomic mass is 9.75. The Labute approximate surface area is 296 Å². The number of fused-ring (bicyclic) bond motifs is 3. The molecule has 0 N–H and O–H groups in total. The van der Waals surface area contributed by atoms with Gasteiger partial charge in [0.05, 0.1) is 23.3 Å². The zero-order chi connectivity index (χ0) is 34.3. The second-order valence-corrected chi connectivity index (χ2v) is 15.7. The third-order valence-corrected chi connectivity index (χ3v) is 11.3. The fourth-order valence-corrected chi connectivity index (χ4v) is 8.77. The van der Waals surface area contributed by atoms with Gasteiger partial charge in [-0.05, 0) is 134 Å². The van der Waals surface area contributed by atoms with Crippen LogP contribution >= 0.6 is 11.8 Å². The molecule has 0 spiro atoms. The van der Waals surface area contributed by atoms with E-state index >= 15 is 0 Å². The Morgan fingerprint density at radius 3 is 2.45 bits per heavy atom. The van der Waals surface area contributed by atoms with E-state index in [1.807, 2.05) is 11.8 Å². The first-order valence-electron chi connectivity index (χ1n) is 17.6. The highest BCUT2D eigenvalue weighted by molar-refractivity contribution is 8.00. The summed E-state index contributed by atoms with van der Waals surface area (Å²) in [6, 6.07) is 23.7. The maximum Gasteiger partial charge on any atom is 0.200 e. The Kier molecular flexibility index (Phi) is 9.15. The lowest BCUT2D eigenvalue weighted by Crippen LogP contribution is -2.28. The van der Waals surface area contributed by atoms with E-state index in [1.54, 1.807) is 0 Å². The first-order valence-corrected chi connectivity index (χ1v) is 18.5. The minimum Gasteiger partial charge on any atom is -0.491 e. The summed E-state index contributed by atoms with van der Waals surface area (Å²) in [7, 11) is 0. The third kappa shape index (κ3) is 6.91. The number of nitrogens with zero attached hydrogens (tertiary/aromatic N) is 2. The normalized spacial score (nSPS) is 19.9. The van der Waals surface area contributed by atoms with Crippen LogP contribution in [0.25, 0.3) is 10.8 Å². The minimum absolute atomic E-state index is 0.188. The molecule has 0 bridgehead atoms. The standard InChI is InChI=1S/C44H48N2O2S/c1-8-45-38-22-30(3)32(5)24-41(38)49-43(45)26-34-25-33(27-44(6,7)28-34)13-11-18-42-46(37-21-29(2)31(4)23-40(37)48-42)19-20-47-39-17-12-15-35-14-9-10-16-36(35)39/h9-18,21-26,43H,8,19-20,27-28H2,1-7H3. The number of anilines is 2. The van der Waals surface area contributed by atoms with Crippen molar-refractivity contribution < 1.29 is 9.47 Å². The van der Waals surface area contributed by atoms with E-state index in [1.165, 1.54) is 49.4 Å². The van der Waals surface area contributed by atoms with E-state index in [0.29, 0.717) is 18.5 Å². The van der Waals surface area contributed by atoms with Crippen molar-refractivity contribution in [1.82, 2.24) is 0 Å². The van der Waals surface area contributed by atoms with Crippen molar-refractivity contribution in [2.45, 2.75) is 71.6 Å². The van der Waals surface area contributed by atoms with Crippen LogP contribution in [0.2, 0.25) is 0 Å². The van der Waals surface area contributed by atoms with Gasteiger partial charge in [0.15, 0.2) is 5.75 Å². The van der Waals surface area contributed by atoms with Crippen LogP contribution in [0.3, 0.4) is 0 Å². The molecule has 1 aliphatic carbocycles. The van der Waals surface area contributed by atoms with Gasteiger partial charge in [0.25, 0.3) is 0 Å². The number of aryl methyl sites for hydroxylation is 4. The number of benzene rings is 4. The van der Waals surface area contributed by atoms with Crippen molar-refractivity contribution in [2.75, 3.05) is 29.5 Å². The molecule has 252 valence electrons. The van der Waals surface area contributed by atoms with Gasteiger partial charge in [-0.15, -0.1) is 0 Å². The summed E-state index contributed by atoms with van der Waals surface area (Å²) in [5.41, 5.74) is 10.6. The van der Waals surface area contributed by atoms with Crippen molar-refractivity contribution in [3.63, 3.8) is 0 Å². The molecule has 2 heterocycles. The van der Waals surface area contributed by atoms with Crippen LogP contribution in [-0.2, 0) is 0 Å². The average Bonchev–Trinajstić information content (AvgIpc) is 3.56. The maximum atomic E-state index is 6.48. The summed E-state index contributed by atoms with van der Waals surface area (Å²) in [6.45, 7) is 18.0. The predicted molar refractivity (Wildman–Crippen MR) is 208 cm³/mol. The van der Waals surface area contributed by atoms with Gasteiger partial charge in [-0.1, -0.05) is 80.2 Å². The summed E-state index contributed by atoms with van der Waals surface area (Å²) in [5.74, 6) is 2.64. The van der Waals surface area contributed by atoms with Crippen LogP contribution in [0.15, 0.2) is 119 Å². The highest BCUT2D eigenvalue weighted by atomic mass is 32.2. The van der Waals surface area contributed by atoms with Gasteiger partial charge in [-0.25, -0.2) is 0 Å². The monoisotopic (exact) mass is 668 g/mol. The van der Waals surface area contributed by atoms with Crippen LogP contribution in [0.4, 0.5) is 11.4 Å². The third-order valence-electron chi connectivity index (χ3n) is 10.1. The molecule has 0 fully saturated rings. The predicted octanol–water partition coefficient (Wildman–Crippen LogP) is 11.4. The van der Waals surface area contributed by atoms with E-state index in [2.05, 4.69) is 155 Å². The Bertz CT molecular complexity index is 2030. The van der Waals surface area contributed by atoms with Crippen molar-refractivity contribution in [1.29, 1.82) is 0 Å². The quantitative estimate of drug-likeness (QED) is 0.186. The Hall–Kier alpha value is -4.35. The Morgan fingerprint density at radius 2 is 1.63 bits per heavy atom. The molecule has 1 atom stereocenters. The lowest BCUT2D eigenvalue weighted by Gasteiger charge is -2.32. The number of hydrogen-bond acceptors (Lipinski definition) is 5. The molecule has 0 saturated carbocycles. The van der Waals surface area contributed by atoms with E-state index in [0.717, 1.165) is 47.8 Å². The van der Waals surface area contributed by atoms with Gasteiger partial charge >= 0.3 is 0 Å². The molecule has 4 aromatic rings. The van der Waals surface area contributed by atoms with Gasteiger partial charge in [0, 0.05) is 16.8 Å². The summed E-state index contributed by atoms with van der Waals surface area (Å²) in [6.07, 6.45) is 13.6. The number of ether oxygens (including phenoxy) is 2. The number of rotatable bonds is 8.